The predicted octanol–water partition coefficient (Wildman–Crippen LogP) is 4.23. The van der Waals surface area contributed by atoms with E-state index < -0.39 is 0 Å². The molecule has 138 valence electrons. The quantitative estimate of drug-likeness (QED) is 0.652. The molecule has 1 aliphatic carbocycles. The van der Waals surface area contributed by atoms with Crippen molar-refractivity contribution in [3.8, 4) is 10.4 Å². The maximum absolute atomic E-state index is 12.7. The smallest absolute Gasteiger partial charge is 0.251 e. The Kier molecular flexibility index (Phi) is 4.66. The van der Waals surface area contributed by atoms with Crippen LogP contribution in [0.1, 0.15) is 51.7 Å². The van der Waals surface area contributed by atoms with E-state index in [1.54, 1.807) is 13.1 Å². The zero-order valence-corrected chi connectivity index (χ0v) is 16.1. The number of aromatic nitrogens is 2. The van der Waals surface area contributed by atoms with Gasteiger partial charge in [0, 0.05) is 29.9 Å². The molecule has 3 aromatic rings. The van der Waals surface area contributed by atoms with Crippen molar-refractivity contribution in [2.24, 2.45) is 13.0 Å². The molecular weight excluding hydrogens is 358 g/mol. The van der Waals surface area contributed by atoms with Crippen molar-refractivity contribution in [1.29, 1.82) is 0 Å². The lowest BCUT2D eigenvalue weighted by Gasteiger charge is -2.18. The first-order valence-corrected chi connectivity index (χ1v) is 9.84. The summed E-state index contributed by atoms with van der Waals surface area (Å²) in [5.41, 5.74) is 1.63. The van der Waals surface area contributed by atoms with Crippen molar-refractivity contribution in [3.05, 3.63) is 65.1 Å². The average molecular weight is 379 g/mol. The summed E-state index contributed by atoms with van der Waals surface area (Å²) >= 11 is 1.47. The molecule has 0 unspecified atom stereocenters. The number of benzene rings is 1. The number of hydrogen-bond donors (Lipinski definition) is 1. The summed E-state index contributed by atoms with van der Waals surface area (Å²) in [4.78, 5) is 30.4. The van der Waals surface area contributed by atoms with Crippen LogP contribution in [0.25, 0.3) is 10.4 Å². The van der Waals surface area contributed by atoms with Crippen molar-refractivity contribution in [3.63, 3.8) is 0 Å². The van der Waals surface area contributed by atoms with Gasteiger partial charge in [0.25, 0.3) is 5.91 Å². The Morgan fingerprint density at radius 3 is 2.48 bits per heavy atom. The number of amides is 1. The fourth-order valence-corrected chi connectivity index (χ4v) is 4.10. The van der Waals surface area contributed by atoms with Gasteiger partial charge in [-0.3, -0.25) is 9.59 Å². The third-order valence-corrected chi connectivity index (χ3v) is 6.14. The molecule has 2 aromatic heterocycles. The van der Waals surface area contributed by atoms with Gasteiger partial charge in [0.1, 0.15) is 5.82 Å². The van der Waals surface area contributed by atoms with E-state index in [1.807, 2.05) is 54.2 Å². The number of nitrogens with one attached hydrogen (secondary N) is 1. The minimum atomic E-state index is -0.0861. The number of hydrogen-bond acceptors (Lipinski definition) is 4. The van der Waals surface area contributed by atoms with Gasteiger partial charge in [-0.05, 0) is 55.5 Å². The molecule has 0 radical (unpaired) electrons. The molecule has 6 heteroatoms. The van der Waals surface area contributed by atoms with Crippen LogP contribution in [0.2, 0.25) is 0 Å². The molecule has 4 rings (SSSR count). The first-order chi connectivity index (χ1) is 13.0. The number of Topliss-reactive ketones (excluding diaryl/α,β-unsaturated/α-hetero) is 1. The van der Waals surface area contributed by atoms with Crippen LogP contribution in [0.5, 0.6) is 0 Å². The van der Waals surface area contributed by atoms with E-state index in [4.69, 9.17) is 0 Å². The standard InChI is InChI=1S/C21H21N3O2S/c1-13(25)17-9-10-18(27-17)14-3-7-16(8-4-14)21(26)23-19(15-5-6-15)20-22-11-12-24(20)2/h3-4,7-12,15,19H,5-6H2,1-2H3,(H,23,26)/t19-/m0/s1. The van der Waals surface area contributed by atoms with Gasteiger partial charge in [0.05, 0.1) is 10.9 Å². The topological polar surface area (TPSA) is 64.0 Å². The van der Waals surface area contributed by atoms with Gasteiger partial charge < -0.3 is 9.88 Å². The first-order valence-electron chi connectivity index (χ1n) is 9.02. The van der Waals surface area contributed by atoms with Gasteiger partial charge >= 0.3 is 0 Å². The Labute approximate surface area is 162 Å². The molecule has 1 atom stereocenters. The summed E-state index contributed by atoms with van der Waals surface area (Å²) < 4.78 is 1.97. The maximum Gasteiger partial charge on any atom is 0.251 e. The van der Waals surface area contributed by atoms with E-state index in [0.29, 0.717) is 11.5 Å². The molecule has 27 heavy (non-hydrogen) atoms. The minimum absolute atomic E-state index is 0.0485. The summed E-state index contributed by atoms with van der Waals surface area (Å²) in [6, 6.07) is 11.3. The average Bonchev–Trinajstić information content (AvgIpc) is 3.22. The first kappa shape index (κ1) is 17.7. The lowest BCUT2D eigenvalue weighted by atomic mass is 10.1. The molecule has 1 N–H and O–H groups in total. The van der Waals surface area contributed by atoms with Gasteiger partial charge in [-0.2, -0.15) is 0 Å². The molecular formula is C21H21N3O2S. The highest BCUT2D eigenvalue weighted by molar-refractivity contribution is 7.17. The number of carbonyl (C=O) groups excluding carboxylic acids is 2. The summed E-state index contributed by atoms with van der Waals surface area (Å²) in [6.45, 7) is 1.57. The Morgan fingerprint density at radius 1 is 1.19 bits per heavy atom. The second kappa shape index (κ2) is 7.12. The molecule has 1 fully saturated rings. The van der Waals surface area contributed by atoms with Crippen LogP contribution in [0.15, 0.2) is 48.8 Å². The van der Waals surface area contributed by atoms with Gasteiger partial charge in [-0.25, -0.2) is 4.98 Å². The van der Waals surface area contributed by atoms with Crippen molar-refractivity contribution < 1.29 is 9.59 Å². The number of nitrogens with zero attached hydrogens (tertiary/aromatic N) is 2. The van der Waals surface area contributed by atoms with Crippen LogP contribution in [-0.2, 0) is 7.05 Å². The molecule has 0 saturated heterocycles. The van der Waals surface area contributed by atoms with Gasteiger partial charge in [0.15, 0.2) is 5.78 Å². The number of ketones is 1. The molecule has 2 heterocycles. The number of imidazole rings is 1. The molecule has 0 aliphatic heterocycles. The van der Waals surface area contributed by atoms with Gasteiger partial charge in [-0.15, -0.1) is 11.3 Å². The maximum atomic E-state index is 12.7. The lowest BCUT2D eigenvalue weighted by Crippen LogP contribution is -2.31. The Hall–Kier alpha value is -2.73. The second-order valence-corrected chi connectivity index (χ2v) is 8.07. The van der Waals surface area contributed by atoms with Gasteiger partial charge in [-0.1, -0.05) is 12.1 Å². The third kappa shape index (κ3) is 3.71. The molecule has 0 bridgehead atoms. The number of thiophene rings is 1. The normalized spacial score (nSPS) is 14.7. The highest BCUT2D eigenvalue weighted by atomic mass is 32.1. The lowest BCUT2D eigenvalue weighted by molar-refractivity contribution is 0.0928. The fourth-order valence-electron chi connectivity index (χ4n) is 3.19. The molecule has 5 nitrogen and oxygen atoms in total. The van der Waals surface area contributed by atoms with Crippen molar-refractivity contribution >= 4 is 23.0 Å². The molecule has 1 saturated carbocycles. The van der Waals surface area contributed by atoms with E-state index >= 15 is 0 Å². The second-order valence-electron chi connectivity index (χ2n) is 6.98. The highest BCUT2D eigenvalue weighted by Crippen LogP contribution is 2.40. The molecule has 0 spiro atoms. The van der Waals surface area contributed by atoms with Crippen LogP contribution < -0.4 is 5.32 Å². The number of carbonyl (C=O) groups is 2. The monoisotopic (exact) mass is 379 g/mol. The van der Waals surface area contributed by atoms with Crippen molar-refractivity contribution in [1.82, 2.24) is 14.9 Å². The Balaban J connectivity index is 1.50. The van der Waals surface area contributed by atoms with Crippen LogP contribution in [0, 0.1) is 5.92 Å². The SMILES string of the molecule is CC(=O)c1ccc(-c2ccc(C(=O)N[C@H](c3nccn3C)C3CC3)cc2)s1. The minimum Gasteiger partial charge on any atom is -0.342 e. The molecule has 1 aromatic carbocycles. The largest absolute Gasteiger partial charge is 0.342 e. The fraction of sp³-hybridized carbons (Fsp3) is 0.286. The zero-order valence-electron chi connectivity index (χ0n) is 15.3. The third-order valence-electron chi connectivity index (χ3n) is 4.90. The van der Waals surface area contributed by atoms with E-state index in [2.05, 4.69) is 10.3 Å². The van der Waals surface area contributed by atoms with Crippen molar-refractivity contribution in [2.45, 2.75) is 25.8 Å². The molecule has 1 amide bonds. The highest BCUT2D eigenvalue weighted by Gasteiger charge is 2.35. The van der Waals surface area contributed by atoms with Crippen LogP contribution in [0.3, 0.4) is 0 Å². The van der Waals surface area contributed by atoms with Crippen LogP contribution >= 0.6 is 11.3 Å². The Bertz CT molecular complexity index is 983. The van der Waals surface area contributed by atoms with E-state index in [0.717, 1.165) is 34.0 Å². The summed E-state index contributed by atoms with van der Waals surface area (Å²) in [7, 11) is 1.95. The predicted molar refractivity (Wildman–Crippen MR) is 106 cm³/mol. The summed E-state index contributed by atoms with van der Waals surface area (Å²) in [5.74, 6) is 1.35. The number of aryl methyl sites for hydroxylation is 1. The van der Waals surface area contributed by atoms with Crippen LogP contribution in [0.4, 0.5) is 0 Å². The van der Waals surface area contributed by atoms with Crippen molar-refractivity contribution in [2.75, 3.05) is 0 Å². The van der Waals surface area contributed by atoms with E-state index in [-0.39, 0.29) is 17.7 Å². The zero-order chi connectivity index (χ0) is 19.0. The van der Waals surface area contributed by atoms with Crippen LogP contribution in [-0.4, -0.2) is 21.2 Å². The van der Waals surface area contributed by atoms with E-state index in [1.165, 1.54) is 11.3 Å². The number of rotatable bonds is 6. The summed E-state index contributed by atoms with van der Waals surface area (Å²) in [6.07, 6.45) is 5.91. The van der Waals surface area contributed by atoms with Gasteiger partial charge in [0.2, 0.25) is 0 Å². The molecule has 1 aliphatic rings. The van der Waals surface area contributed by atoms with E-state index in [9.17, 15) is 9.59 Å². The summed E-state index contributed by atoms with van der Waals surface area (Å²) in [5, 5.41) is 3.15. The Morgan fingerprint density at radius 2 is 1.93 bits per heavy atom.